The summed E-state index contributed by atoms with van der Waals surface area (Å²) in [4.78, 5) is 16.1. The van der Waals surface area contributed by atoms with Gasteiger partial charge in [-0.15, -0.1) is 0 Å². The van der Waals surface area contributed by atoms with Gasteiger partial charge < -0.3 is 14.5 Å². The fourth-order valence-corrected chi connectivity index (χ4v) is 4.05. The summed E-state index contributed by atoms with van der Waals surface area (Å²) >= 11 is 0. The summed E-state index contributed by atoms with van der Waals surface area (Å²) in [7, 11) is 0. The number of aliphatic hydroxyl groups excluding tert-OH is 1. The van der Waals surface area contributed by atoms with Crippen molar-refractivity contribution < 1.29 is 9.63 Å². The second kappa shape index (κ2) is 8.11. The van der Waals surface area contributed by atoms with Crippen LogP contribution in [0.15, 0.2) is 29.2 Å². The summed E-state index contributed by atoms with van der Waals surface area (Å²) in [6.45, 7) is 7.35. The van der Waals surface area contributed by atoms with Crippen LogP contribution in [0.3, 0.4) is 0 Å². The molecule has 1 N–H and O–H groups in total. The summed E-state index contributed by atoms with van der Waals surface area (Å²) < 4.78 is 4.90. The van der Waals surface area contributed by atoms with Gasteiger partial charge in [-0.05, 0) is 25.0 Å². The van der Waals surface area contributed by atoms with Gasteiger partial charge in [0.15, 0.2) is 0 Å². The first kappa shape index (κ1) is 17.4. The summed E-state index contributed by atoms with van der Waals surface area (Å²) in [6.07, 6.45) is 5.46. The summed E-state index contributed by atoms with van der Waals surface area (Å²) in [5.74, 6) is 1.54. The van der Waals surface area contributed by atoms with Gasteiger partial charge in [0.05, 0.1) is 12.2 Å². The Morgan fingerprint density at radius 3 is 2.58 bits per heavy atom. The third kappa shape index (κ3) is 3.72. The number of anilines is 1. The van der Waals surface area contributed by atoms with E-state index in [1.807, 2.05) is 18.3 Å². The highest BCUT2D eigenvalue weighted by molar-refractivity contribution is 5.70. The molecule has 4 heterocycles. The van der Waals surface area contributed by atoms with Crippen LogP contribution in [0, 0.1) is 0 Å². The van der Waals surface area contributed by atoms with Crippen LogP contribution in [0.2, 0.25) is 0 Å². The third-order valence-electron chi connectivity index (χ3n) is 5.49. The van der Waals surface area contributed by atoms with Crippen molar-refractivity contribution in [2.75, 3.05) is 57.3 Å². The lowest BCUT2D eigenvalue weighted by Crippen LogP contribution is -2.53. The van der Waals surface area contributed by atoms with Gasteiger partial charge in [0.2, 0.25) is 12.2 Å². The van der Waals surface area contributed by atoms with E-state index in [1.165, 1.54) is 6.39 Å². The molecule has 2 aliphatic heterocycles. The molecule has 140 valence electrons. The average Bonchev–Trinajstić information content (AvgIpc) is 3.24. The van der Waals surface area contributed by atoms with Gasteiger partial charge in [-0.2, -0.15) is 4.98 Å². The highest BCUT2D eigenvalue weighted by Crippen LogP contribution is 2.29. The molecule has 2 aromatic rings. The van der Waals surface area contributed by atoms with E-state index in [2.05, 4.69) is 29.8 Å². The zero-order valence-corrected chi connectivity index (χ0v) is 15.0. The zero-order chi connectivity index (χ0) is 17.8. The van der Waals surface area contributed by atoms with E-state index in [-0.39, 0.29) is 6.61 Å². The lowest BCUT2D eigenvalue weighted by molar-refractivity contribution is 0.0746. The molecule has 0 unspecified atom stereocenters. The summed E-state index contributed by atoms with van der Waals surface area (Å²) in [6, 6.07) is 4.55. The van der Waals surface area contributed by atoms with Crippen molar-refractivity contribution in [3.05, 3.63) is 24.7 Å². The average molecular weight is 358 g/mol. The number of hydrogen-bond acceptors (Lipinski definition) is 8. The minimum absolute atomic E-state index is 0.255. The van der Waals surface area contributed by atoms with E-state index in [4.69, 9.17) is 9.63 Å². The molecule has 2 saturated heterocycles. The Morgan fingerprint density at radius 2 is 1.88 bits per heavy atom. The van der Waals surface area contributed by atoms with E-state index >= 15 is 0 Å². The molecule has 0 bridgehead atoms. The van der Waals surface area contributed by atoms with Crippen molar-refractivity contribution in [2.45, 2.75) is 18.9 Å². The molecule has 8 heteroatoms. The number of nitrogens with zero attached hydrogens (tertiary/aromatic N) is 6. The molecule has 2 fully saturated rings. The van der Waals surface area contributed by atoms with E-state index < -0.39 is 0 Å². The van der Waals surface area contributed by atoms with Crippen LogP contribution in [0.25, 0.3) is 11.4 Å². The Labute approximate surface area is 153 Å². The van der Waals surface area contributed by atoms with E-state index in [0.717, 1.165) is 70.0 Å². The van der Waals surface area contributed by atoms with Crippen molar-refractivity contribution in [1.82, 2.24) is 24.9 Å². The van der Waals surface area contributed by atoms with Crippen molar-refractivity contribution in [1.29, 1.82) is 0 Å². The van der Waals surface area contributed by atoms with Gasteiger partial charge in [-0.25, -0.2) is 4.98 Å². The minimum atomic E-state index is 0.255. The maximum absolute atomic E-state index is 9.08. The second-order valence-electron chi connectivity index (χ2n) is 6.95. The molecular formula is C18H26N6O2. The summed E-state index contributed by atoms with van der Waals surface area (Å²) in [5, 5.41) is 13.0. The quantitative estimate of drug-likeness (QED) is 0.837. The standard InChI is InChI=1S/C18H26N6O2/c25-13-12-22-8-10-23(11-9-22)15-3-6-24(7-4-15)18-16(2-1-5-19-18)17-20-14-26-21-17/h1-2,5,14-15,25H,3-4,6-13H2. The summed E-state index contributed by atoms with van der Waals surface area (Å²) in [5.41, 5.74) is 0.928. The number of rotatable bonds is 5. The van der Waals surface area contributed by atoms with Crippen LogP contribution in [0.4, 0.5) is 5.82 Å². The molecule has 4 rings (SSSR count). The Kier molecular flexibility index (Phi) is 5.42. The van der Waals surface area contributed by atoms with Crippen LogP contribution in [-0.2, 0) is 0 Å². The molecule has 2 aliphatic rings. The van der Waals surface area contributed by atoms with Gasteiger partial charge in [0, 0.05) is 58.1 Å². The number of piperidine rings is 1. The Hall–Kier alpha value is -2.03. The molecule has 0 atom stereocenters. The Bertz CT molecular complexity index is 679. The largest absolute Gasteiger partial charge is 0.395 e. The molecule has 26 heavy (non-hydrogen) atoms. The zero-order valence-electron chi connectivity index (χ0n) is 15.0. The van der Waals surface area contributed by atoms with Crippen LogP contribution < -0.4 is 4.90 Å². The number of hydrogen-bond donors (Lipinski definition) is 1. The Morgan fingerprint density at radius 1 is 1.08 bits per heavy atom. The topological polar surface area (TPSA) is 81.8 Å². The molecular weight excluding hydrogens is 332 g/mol. The van der Waals surface area contributed by atoms with Gasteiger partial charge in [-0.1, -0.05) is 5.16 Å². The second-order valence-corrected chi connectivity index (χ2v) is 6.95. The number of β-amino-alcohol motifs (C(OH)–C–C–N with tert-alkyl or cyclic N) is 1. The van der Waals surface area contributed by atoms with Crippen molar-refractivity contribution in [3.63, 3.8) is 0 Å². The van der Waals surface area contributed by atoms with Crippen LogP contribution >= 0.6 is 0 Å². The van der Waals surface area contributed by atoms with Crippen LogP contribution in [0.1, 0.15) is 12.8 Å². The molecule has 8 nitrogen and oxygen atoms in total. The normalized spacial score (nSPS) is 20.6. The fraction of sp³-hybridized carbons (Fsp3) is 0.611. The number of pyridine rings is 1. The number of aliphatic hydroxyl groups is 1. The van der Waals surface area contributed by atoms with E-state index in [0.29, 0.717) is 11.9 Å². The predicted octanol–water partition coefficient (Wildman–Crippen LogP) is 0.710. The van der Waals surface area contributed by atoms with Crippen LogP contribution in [0.5, 0.6) is 0 Å². The molecule has 0 amide bonds. The van der Waals surface area contributed by atoms with Crippen LogP contribution in [-0.4, -0.2) is 88.5 Å². The lowest BCUT2D eigenvalue weighted by Gasteiger charge is -2.43. The fourth-order valence-electron chi connectivity index (χ4n) is 4.05. The third-order valence-corrected chi connectivity index (χ3v) is 5.49. The maximum atomic E-state index is 9.08. The molecule has 0 saturated carbocycles. The van der Waals surface area contributed by atoms with Gasteiger partial charge in [0.1, 0.15) is 5.82 Å². The Balaban J connectivity index is 1.36. The number of aromatic nitrogens is 3. The smallest absolute Gasteiger partial charge is 0.214 e. The molecule has 0 spiro atoms. The first-order valence-electron chi connectivity index (χ1n) is 9.39. The highest BCUT2D eigenvalue weighted by atomic mass is 16.5. The van der Waals surface area contributed by atoms with Crippen molar-refractivity contribution >= 4 is 5.82 Å². The highest BCUT2D eigenvalue weighted by Gasteiger charge is 2.28. The van der Waals surface area contributed by atoms with E-state index in [1.54, 1.807) is 0 Å². The molecule has 0 radical (unpaired) electrons. The first-order valence-corrected chi connectivity index (χ1v) is 9.39. The molecule has 0 aliphatic carbocycles. The van der Waals surface area contributed by atoms with Gasteiger partial charge >= 0.3 is 0 Å². The van der Waals surface area contributed by atoms with E-state index in [9.17, 15) is 0 Å². The van der Waals surface area contributed by atoms with Gasteiger partial charge in [0.25, 0.3) is 0 Å². The number of piperazine rings is 1. The predicted molar refractivity (Wildman–Crippen MR) is 97.9 cm³/mol. The SMILES string of the molecule is OCCN1CCN(C2CCN(c3ncccc3-c3ncon3)CC2)CC1. The molecule has 2 aromatic heterocycles. The maximum Gasteiger partial charge on any atom is 0.214 e. The minimum Gasteiger partial charge on any atom is -0.395 e. The first-order chi connectivity index (χ1) is 12.8. The monoisotopic (exact) mass is 358 g/mol. The van der Waals surface area contributed by atoms with Crippen molar-refractivity contribution in [2.24, 2.45) is 0 Å². The lowest BCUT2D eigenvalue weighted by atomic mass is 10.0. The molecule has 0 aromatic carbocycles. The van der Waals surface area contributed by atoms with Gasteiger partial charge in [-0.3, -0.25) is 9.80 Å². The van der Waals surface area contributed by atoms with Crippen molar-refractivity contribution in [3.8, 4) is 11.4 Å².